The molecule has 0 rings (SSSR count). The van der Waals surface area contributed by atoms with E-state index in [2.05, 4.69) is 58.0 Å². The van der Waals surface area contributed by atoms with Gasteiger partial charge in [0.05, 0.1) is 0 Å². The second kappa shape index (κ2) is 38.5. The third-order valence-electron chi connectivity index (χ3n) is 10.5. The van der Waals surface area contributed by atoms with Crippen molar-refractivity contribution in [1.29, 1.82) is 0 Å². The molecule has 310 valence electrons. The average Bonchev–Trinajstić information content (AvgIpc) is 3.11. The summed E-state index contributed by atoms with van der Waals surface area (Å²) in [7, 11) is 6.45. The number of hydrogen-bond donors (Lipinski definition) is 0. The van der Waals surface area contributed by atoms with Gasteiger partial charge in [0.2, 0.25) is 0 Å². The molecule has 52 heavy (non-hydrogen) atoms. The van der Waals surface area contributed by atoms with Crippen molar-refractivity contribution in [3.8, 4) is 0 Å². The minimum absolute atomic E-state index is 0.0221. The van der Waals surface area contributed by atoms with E-state index >= 15 is 0 Å². The number of carbonyl (C=O) groups excluding carboxylic acids is 2. The standard InChI is InChI=1S/C45H90N2O4S/c1-8-12-16-20-24-33-42(34-25-21-17-13-9-2)50-44(48)37-28-31-41(47(7)52-40-30-39-46(5)6)32-29-38-45(49)51-43(35-26-22-18-14-10-3)36-27-23-19-15-11-4/h41-43H,8-40H2,1-7H3. The van der Waals surface area contributed by atoms with E-state index in [4.69, 9.17) is 9.47 Å². The Balaban J connectivity index is 5.07. The van der Waals surface area contributed by atoms with Gasteiger partial charge < -0.3 is 14.4 Å². The lowest BCUT2D eigenvalue weighted by atomic mass is 10.0. The van der Waals surface area contributed by atoms with E-state index in [9.17, 15) is 9.59 Å². The highest BCUT2D eigenvalue weighted by Crippen LogP contribution is 2.24. The Morgan fingerprint density at radius 3 is 1.13 bits per heavy atom. The lowest BCUT2D eigenvalue weighted by Gasteiger charge is -2.27. The van der Waals surface area contributed by atoms with Gasteiger partial charge in [0.1, 0.15) is 12.2 Å². The summed E-state index contributed by atoms with van der Waals surface area (Å²) in [6.07, 6.45) is 34.8. The molecule has 0 aromatic carbocycles. The van der Waals surface area contributed by atoms with Crippen molar-refractivity contribution in [3.63, 3.8) is 0 Å². The Morgan fingerprint density at radius 1 is 0.462 bits per heavy atom. The third-order valence-corrected chi connectivity index (χ3v) is 11.7. The first-order chi connectivity index (χ1) is 25.3. The van der Waals surface area contributed by atoms with Crippen molar-refractivity contribution in [2.24, 2.45) is 0 Å². The van der Waals surface area contributed by atoms with E-state index < -0.39 is 0 Å². The number of unbranched alkanes of at least 4 members (excludes halogenated alkanes) is 16. The highest BCUT2D eigenvalue weighted by Gasteiger charge is 2.20. The molecule has 0 aliphatic rings. The van der Waals surface area contributed by atoms with Crippen LogP contribution in [0.5, 0.6) is 0 Å². The summed E-state index contributed by atoms with van der Waals surface area (Å²) in [5, 5.41) is 0. The summed E-state index contributed by atoms with van der Waals surface area (Å²) in [6, 6.07) is 0.325. The van der Waals surface area contributed by atoms with Crippen LogP contribution >= 0.6 is 11.9 Å². The van der Waals surface area contributed by atoms with Gasteiger partial charge in [-0.15, -0.1) is 0 Å². The topological polar surface area (TPSA) is 59.1 Å². The van der Waals surface area contributed by atoms with E-state index in [1.165, 1.54) is 103 Å². The fraction of sp³-hybridized carbons (Fsp3) is 0.956. The van der Waals surface area contributed by atoms with Gasteiger partial charge in [0, 0.05) is 24.6 Å². The summed E-state index contributed by atoms with van der Waals surface area (Å²) >= 11 is 1.90. The molecule has 0 heterocycles. The highest BCUT2D eigenvalue weighted by molar-refractivity contribution is 7.97. The molecule has 0 N–H and O–H groups in total. The second-order valence-electron chi connectivity index (χ2n) is 16.0. The first-order valence-corrected chi connectivity index (χ1v) is 23.6. The zero-order chi connectivity index (χ0) is 38.5. The number of esters is 2. The number of ether oxygens (including phenoxy) is 2. The zero-order valence-electron chi connectivity index (χ0n) is 36.0. The molecule has 0 amide bonds. The van der Waals surface area contributed by atoms with Crippen molar-refractivity contribution in [1.82, 2.24) is 9.21 Å². The minimum Gasteiger partial charge on any atom is -0.462 e. The van der Waals surface area contributed by atoms with Gasteiger partial charge in [-0.25, -0.2) is 0 Å². The van der Waals surface area contributed by atoms with Crippen molar-refractivity contribution < 1.29 is 19.1 Å². The molecule has 0 saturated carbocycles. The summed E-state index contributed by atoms with van der Waals surface area (Å²) in [5.41, 5.74) is 0. The fourth-order valence-electron chi connectivity index (χ4n) is 7.08. The Bertz CT molecular complexity index is 702. The van der Waals surface area contributed by atoms with E-state index in [1.54, 1.807) is 0 Å². The summed E-state index contributed by atoms with van der Waals surface area (Å²) < 4.78 is 14.7. The lowest BCUT2D eigenvalue weighted by molar-refractivity contribution is -0.150. The van der Waals surface area contributed by atoms with Crippen molar-refractivity contribution in [2.45, 2.75) is 245 Å². The van der Waals surface area contributed by atoms with Crippen LogP contribution in [0.15, 0.2) is 0 Å². The first-order valence-electron chi connectivity index (χ1n) is 22.7. The maximum Gasteiger partial charge on any atom is 0.306 e. The SMILES string of the molecule is CCCCCCCC(CCCCCCC)OC(=O)CCCC(CCCC(=O)OC(CCCCCCC)CCCCCCC)N(C)SCCCN(C)C. The smallest absolute Gasteiger partial charge is 0.306 e. The molecule has 0 bridgehead atoms. The van der Waals surface area contributed by atoms with Gasteiger partial charge in [-0.1, -0.05) is 142 Å². The summed E-state index contributed by atoms with van der Waals surface area (Å²) in [4.78, 5) is 28.4. The van der Waals surface area contributed by atoms with Crippen LogP contribution in [0.4, 0.5) is 0 Å². The van der Waals surface area contributed by atoms with Crippen LogP contribution in [-0.2, 0) is 19.1 Å². The summed E-state index contributed by atoms with van der Waals surface area (Å²) in [5.74, 6) is 1.03. The predicted molar refractivity (Wildman–Crippen MR) is 228 cm³/mol. The van der Waals surface area contributed by atoms with Crippen molar-refractivity contribution in [2.75, 3.05) is 33.4 Å². The minimum atomic E-state index is -0.0221. The van der Waals surface area contributed by atoms with E-state index in [-0.39, 0.29) is 24.1 Å². The first kappa shape index (κ1) is 51.2. The molecule has 0 aliphatic carbocycles. The Hall–Kier alpha value is -0.790. The summed E-state index contributed by atoms with van der Waals surface area (Å²) in [6.45, 7) is 10.1. The quantitative estimate of drug-likeness (QED) is 0.0351. The van der Waals surface area contributed by atoms with Crippen LogP contribution < -0.4 is 0 Å². The molecular weight excluding hydrogens is 665 g/mol. The van der Waals surface area contributed by atoms with E-state index in [0.717, 1.165) is 95.8 Å². The largest absolute Gasteiger partial charge is 0.462 e. The maximum atomic E-state index is 13.1. The normalized spacial score (nSPS) is 11.9. The average molecular weight is 755 g/mol. The Morgan fingerprint density at radius 2 is 0.808 bits per heavy atom. The Kier molecular flexibility index (Phi) is 37.9. The number of rotatable bonds is 40. The van der Waals surface area contributed by atoms with Gasteiger partial charge in [0.15, 0.2) is 0 Å². The third kappa shape index (κ3) is 33.8. The fourth-order valence-corrected chi connectivity index (χ4v) is 8.05. The molecule has 0 unspecified atom stereocenters. The van der Waals surface area contributed by atoms with Gasteiger partial charge >= 0.3 is 11.9 Å². The van der Waals surface area contributed by atoms with Crippen LogP contribution in [0.2, 0.25) is 0 Å². The molecule has 0 aromatic rings. The Labute approximate surface area is 329 Å². The second-order valence-corrected chi connectivity index (χ2v) is 17.3. The molecule has 0 fully saturated rings. The van der Waals surface area contributed by atoms with Gasteiger partial charge in [-0.05, 0) is 111 Å². The van der Waals surface area contributed by atoms with Crippen molar-refractivity contribution >= 4 is 23.9 Å². The zero-order valence-corrected chi connectivity index (χ0v) is 36.8. The molecule has 6 nitrogen and oxygen atoms in total. The molecular formula is C45H90N2O4S. The maximum absolute atomic E-state index is 13.1. The van der Waals surface area contributed by atoms with Crippen LogP contribution in [0.1, 0.15) is 227 Å². The molecule has 0 aliphatic heterocycles. The van der Waals surface area contributed by atoms with Gasteiger partial charge in [0.25, 0.3) is 0 Å². The molecule has 7 heteroatoms. The monoisotopic (exact) mass is 755 g/mol. The van der Waals surface area contributed by atoms with E-state index in [0.29, 0.717) is 18.9 Å². The van der Waals surface area contributed by atoms with Crippen LogP contribution in [-0.4, -0.2) is 72.8 Å². The highest BCUT2D eigenvalue weighted by atomic mass is 32.2. The van der Waals surface area contributed by atoms with Gasteiger partial charge in [-0.3, -0.25) is 13.9 Å². The van der Waals surface area contributed by atoms with Crippen LogP contribution in [0.25, 0.3) is 0 Å². The predicted octanol–water partition coefficient (Wildman–Crippen LogP) is 13.5. The molecule has 0 radical (unpaired) electrons. The number of carbonyl (C=O) groups is 2. The molecule has 0 atom stereocenters. The van der Waals surface area contributed by atoms with Crippen LogP contribution in [0, 0.1) is 0 Å². The van der Waals surface area contributed by atoms with Crippen molar-refractivity contribution in [3.05, 3.63) is 0 Å². The molecule has 0 spiro atoms. The lowest BCUT2D eigenvalue weighted by Crippen LogP contribution is -2.28. The van der Waals surface area contributed by atoms with Crippen LogP contribution in [0.3, 0.4) is 0 Å². The number of nitrogens with zero attached hydrogens (tertiary/aromatic N) is 2. The van der Waals surface area contributed by atoms with E-state index in [1.807, 2.05) is 11.9 Å². The molecule has 0 saturated heterocycles. The number of hydrogen-bond acceptors (Lipinski definition) is 7. The van der Waals surface area contributed by atoms with Gasteiger partial charge in [-0.2, -0.15) is 0 Å². The molecule has 0 aromatic heterocycles.